The minimum absolute atomic E-state index is 0.0150. The third-order valence-electron chi connectivity index (χ3n) is 5.90. The van der Waals surface area contributed by atoms with E-state index in [0.29, 0.717) is 24.2 Å². The molecule has 174 valence electrons. The van der Waals surface area contributed by atoms with Gasteiger partial charge >= 0.3 is 0 Å². The van der Waals surface area contributed by atoms with Crippen LogP contribution in [0.2, 0.25) is 0 Å². The molecule has 1 amide bonds. The number of rotatable bonds is 6. The molecule has 1 atom stereocenters. The van der Waals surface area contributed by atoms with Gasteiger partial charge in [0.15, 0.2) is 0 Å². The number of piperidine rings is 1. The van der Waals surface area contributed by atoms with Gasteiger partial charge < -0.3 is 9.88 Å². The Labute approximate surface area is 191 Å². The number of nitrogens with zero attached hydrogens (tertiary/aromatic N) is 3. The number of carbonyl (C=O) groups is 1. The Balaban J connectivity index is 1.47. The first-order chi connectivity index (χ1) is 15.8. The second kappa shape index (κ2) is 9.40. The van der Waals surface area contributed by atoms with E-state index in [4.69, 9.17) is 0 Å². The molecule has 4 rings (SSSR count). The smallest absolute Gasteiger partial charge is 0.243 e. The van der Waals surface area contributed by atoms with Crippen LogP contribution in [0.5, 0.6) is 0 Å². The molecule has 33 heavy (non-hydrogen) atoms. The van der Waals surface area contributed by atoms with Gasteiger partial charge in [-0.05, 0) is 43.2 Å². The molecule has 0 spiro atoms. The lowest BCUT2D eigenvalue weighted by molar-refractivity contribution is -0.126. The SMILES string of the molecule is Cn1ccnc1C(NC(=O)C1CCN(S(=O)(=O)c2ccc(F)cc2)CC1)c1ccccc1F. The zero-order valence-electron chi connectivity index (χ0n) is 18.0. The molecular weight excluding hydrogens is 450 g/mol. The normalized spacial score (nSPS) is 16.5. The molecule has 1 aliphatic rings. The van der Waals surface area contributed by atoms with Gasteiger partial charge in [0.25, 0.3) is 0 Å². The van der Waals surface area contributed by atoms with E-state index < -0.39 is 33.6 Å². The minimum Gasteiger partial charge on any atom is -0.342 e. The van der Waals surface area contributed by atoms with Gasteiger partial charge in [-0.25, -0.2) is 22.2 Å². The Bertz CT molecular complexity index is 1240. The summed E-state index contributed by atoms with van der Waals surface area (Å²) in [6.07, 6.45) is 3.93. The van der Waals surface area contributed by atoms with Gasteiger partial charge in [-0.3, -0.25) is 4.79 Å². The maximum atomic E-state index is 14.5. The van der Waals surface area contributed by atoms with E-state index in [1.165, 1.54) is 22.5 Å². The molecule has 2 heterocycles. The molecule has 0 radical (unpaired) electrons. The second-order valence-electron chi connectivity index (χ2n) is 7.99. The fourth-order valence-electron chi connectivity index (χ4n) is 4.02. The summed E-state index contributed by atoms with van der Waals surface area (Å²) in [5, 5.41) is 2.91. The highest BCUT2D eigenvalue weighted by Gasteiger charge is 2.34. The molecule has 1 unspecified atom stereocenters. The van der Waals surface area contributed by atoms with Crippen molar-refractivity contribution in [3.63, 3.8) is 0 Å². The fourth-order valence-corrected chi connectivity index (χ4v) is 5.49. The van der Waals surface area contributed by atoms with Gasteiger partial charge in [0.05, 0.1) is 4.90 Å². The van der Waals surface area contributed by atoms with Crippen LogP contribution in [0.1, 0.15) is 30.3 Å². The maximum absolute atomic E-state index is 14.5. The van der Waals surface area contributed by atoms with Crippen LogP contribution in [-0.4, -0.2) is 41.3 Å². The average Bonchev–Trinajstić information content (AvgIpc) is 3.24. The van der Waals surface area contributed by atoms with Gasteiger partial charge in [0.1, 0.15) is 23.5 Å². The quantitative estimate of drug-likeness (QED) is 0.595. The summed E-state index contributed by atoms with van der Waals surface area (Å²) in [5.74, 6) is -1.19. The van der Waals surface area contributed by atoms with Gasteiger partial charge in [0.2, 0.25) is 15.9 Å². The molecule has 1 aliphatic heterocycles. The molecule has 1 aromatic heterocycles. The summed E-state index contributed by atoms with van der Waals surface area (Å²) in [6.45, 7) is 0.315. The first-order valence-corrected chi connectivity index (χ1v) is 12.0. The van der Waals surface area contributed by atoms with Crippen molar-refractivity contribution in [3.05, 3.63) is 83.9 Å². The highest BCUT2D eigenvalue weighted by Crippen LogP contribution is 2.27. The number of amides is 1. The van der Waals surface area contributed by atoms with E-state index in [9.17, 15) is 22.0 Å². The third kappa shape index (κ3) is 4.81. The van der Waals surface area contributed by atoms with E-state index in [-0.39, 0.29) is 23.9 Å². The summed E-state index contributed by atoms with van der Waals surface area (Å²) in [5.41, 5.74) is 0.302. The van der Waals surface area contributed by atoms with Crippen molar-refractivity contribution in [2.75, 3.05) is 13.1 Å². The van der Waals surface area contributed by atoms with Gasteiger partial charge in [0, 0.05) is 44.0 Å². The zero-order chi connectivity index (χ0) is 23.6. The fraction of sp³-hybridized carbons (Fsp3) is 0.304. The second-order valence-corrected chi connectivity index (χ2v) is 9.93. The van der Waals surface area contributed by atoms with E-state index in [0.717, 1.165) is 12.1 Å². The Hall–Kier alpha value is -3.11. The highest BCUT2D eigenvalue weighted by atomic mass is 32.2. The molecule has 7 nitrogen and oxygen atoms in total. The number of aryl methyl sites for hydroxylation is 1. The van der Waals surface area contributed by atoms with Crippen molar-refractivity contribution in [2.24, 2.45) is 13.0 Å². The number of carbonyl (C=O) groups excluding carboxylic acids is 1. The molecule has 1 fully saturated rings. The van der Waals surface area contributed by atoms with E-state index in [1.54, 1.807) is 42.2 Å². The van der Waals surface area contributed by atoms with Crippen LogP contribution >= 0.6 is 0 Å². The first kappa shape index (κ1) is 23.1. The van der Waals surface area contributed by atoms with Gasteiger partial charge in [-0.15, -0.1) is 0 Å². The largest absolute Gasteiger partial charge is 0.342 e. The summed E-state index contributed by atoms with van der Waals surface area (Å²) >= 11 is 0. The van der Waals surface area contributed by atoms with Crippen molar-refractivity contribution in [3.8, 4) is 0 Å². The van der Waals surface area contributed by atoms with Crippen molar-refractivity contribution in [2.45, 2.75) is 23.8 Å². The Kier molecular flexibility index (Phi) is 6.57. The maximum Gasteiger partial charge on any atom is 0.243 e. The van der Waals surface area contributed by atoms with Crippen LogP contribution in [-0.2, 0) is 21.9 Å². The number of nitrogens with one attached hydrogen (secondary N) is 1. The number of halogens is 2. The molecule has 3 aromatic rings. The molecule has 2 aromatic carbocycles. The van der Waals surface area contributed by atoms with Crippen LogP contribution in [0.15, 0.2) is 65.8 Å². The molecule has 10 heteroatoms. The molecule has 0 aliphatic carbocycles. The lowest BCUT2D eigenvalue weighted by Crippen LogP contribution is -2.44. The predicted octanol–water partition coefficient (Wildman–Crippen LogP) is 3.00. The van der Waals surface area contributed by atoms with Crippen molar-refractivity contribution in [1.82, 2.24) is 19.2 Å². The number of hydrogen-bond acceptors (Lipinski definition) is 4. The van der Waals surface area contributed by atoms with E-state index in [1.807, 2.05) is 0 Å². The van der Waals surface area contributed by atoms with Crippen molar-refractivity contribution < 1.29 is 22.0 Å². The van der Waals surface area contributed by atoms with Crippen LogP contribution < -0.4 is 5.32 Å². The Morgan fingerprint density at radius 1 is 1.09 bits per heavy atom. The highest BCUT2D eigenvalue weighted by molar-refractivity contribution is 7.89. The Morgan fingerprint density at radius 2 is 1.76 bits per heavy atom. The lowest BCUT2D eigenvalue weighted by atomic mass is 9.96. The molecule has 1 N–H and O–H groups in total. The molecular formula is C23H24F2N4O3S. The monoisotopic (exact) mass is 474 g/mol. The van der Waals surface area contributed by atoms with Gasteiger partial charge in [-0.1, -0.05) is 18.2 Å². The predicted molar refractivity (Wildman–Crippen MR) is 117 cm³/mol. The third-order valence-corrected chi connectivity index (χ3v) is 7.81. The van der Waals surface area contributed by atoms with Crippen LogP contribution in [0.25, 0.3) is 0 Å². The average molecular weight is 475 g/mol. The zero-order valence-corrected chi connectivity index (χ0v) is 18.8. The summed E-state index contributed by atoms with van der Waals surface area (Å²) < 4.78 is 56.4. The minimum atomic E-state index is -3.77. The number of aromatic nitrogens is 2. The number of sulfonamides is 1. The van der Waals surface area contributed by atoms with Crippen LogP contribution in [0.3, 0.4) is 0 Å². The number of imidazole rings is 1. The van der Waals surface area contributed by atoms with E-state index >= 15 is 0 Å². The molecule has 0 bridgehead atoms. The summed E-state index contributed by atoms with van der Waals surface area (Å²) in [7, 11) is -2.00. The number of benzene rings is 2. The molecule has 1 saturated heterocycles. The first-order valence-electron chi connectivity index (χ1n) is 10.5. The van der Waals surface area contributed by atoms with Crippen molar-refractivity contribution >= 4 is 15.9 Å². The van der Waals surface area contributed by atoms with Crippen LogP contribution in [0.4, 0.5) is 8.78 Å². The molecule has 0 saturated carbocycles. The standard InChI is InChI=1S/C23H24F2N4O3S/c1-28-15-12-26-22(28)21(19-4-2-3-5-20(19)25)27-23(30)16-10-13-29(14-11-16)33(31,32)18-8-6-17(24)7-9-18/h2-9,12,15-16,21H,10-11,13-14H2,1H3,(H,27,30). The summed E-state index contributed by atoms with van der Waals surface area (Å²) in [4.78, 5) is 17.4. The topological polar surface area (TPSA) is 84.3 Å². The summed E-state index contributed by atoms with van der Waals surface area (Å²) in [6, 6.07) is 10.1. The van der Waals surface area contributed by atoms with E-state index in [2.05, 4.69) is 10.3 Å². The van der Waals surface area contributed by atoms with Crippen LogP contribution in [0, 0.1) is 17.6 Å². The number of hydrogen-bond donors (Lipinski definition) is 1. The Morgan fingerprint density at radius 3 is 2.36 bits per heavy atom. The lowest BCUT2D eigenvalue weighted by Gasteiger charge is -2.31. The van der Waals surface area contributed by atoms with Crippen molar-refractivity contribution in [1.29, 1.82) is 0 Å². The van der Waals surface area contributed by atoms with Gasteiger partial charge in [-0.2, -0.15) is 4.31 Å².